The minimum Gasteiger partial charge on any atom is -0.337 e. The van der Waals surface area contributed by atoms with Crippen LogP contribution in [-0.2, 0) is 24.3 Å². The van der Waals surface area contributed by atoms with Crippen LogP contribution in [0.3, 0.4) is 0 Å². The predicted octanol–water partition coefficient (Wildman–Crippen LogP) is 4.40. The quantitative estimate of drug-likeness (QED) is 0.716. The van der Waals surface area contributed by atoms with E-state index >= 15 is 0 Å². The Labute approximate surface area is 164 Å². The van der Waals surface area contributed by atoms with Crippen LogP contribution >= 0.6 is 11.3 Å². The lowest BCUT2D eigenvalue weighted by Gasteiger charge is -2.29. The molecule has 1 aliphatic heterocycles. The minimum absolute atomic E-state index is 0.175. The molecular weight excluding hydrogens is 352 g/mol. The molecule has 2 aromatic carbocycles. The monoisotopic (exact) mass is 376 g/mol. The maximum atomic E-state index is 12.6. The molecule has 0 fully saturated rings. The Hall–Kier alpha value is -2.43. The summed E-state index contributed by atoms with van der Waals surface area (Å²) in [4.78, 5) is 17.2. The highest BCUT2D eigenvalue weighted by atomic mass is 32.1. The summed E-state index contributed by atoms with van der Waals surface area (Å²) in [5.74, 6) is 0.175. The Kier molecular flexibility index (Phi) is 5.37. The zero-order valence-electron chi connectivity index (χ0n) is 15.6. The van der Waals surface area contributed by atoms with E-state index in [0.717, 1.165) is 19.5 Å². The van der Waals surface area contributed by atoms with E-state index in [1.54, 1.807) is 0 Å². The van der Waals surface area contributed by atoms with Crippen molar-refractivity contribution in [1.29, 1.82) is 0 Å². The van der Waals surface area contributed by atoms with Gasteiger partial charge in [0.25, 0.3) is 0 Å². The molecule has 0 spiro atoms. The number of benzene rings is 2. The average Bonchev–Trinajstić information content (AvgIpc) is 3.14. The number of thiophene rings is 1. The first-order valence-corrected chi connectivity index (χ1v) is 10.2. The van der Waals surface area contributed by atoms with Crippen molar-refractivity contribution >= 4 is 17.2 Å². The van der Waals surface area contributed by atoms with Gasteiger partial charge in [-0.3, -0.25) is 4.79 Å². The average molecular weight is 377 g/mol. The van der Waals surface area contributed by atoms with Crippen LogP contribution in [0.5, 0.6) is 0 Å². The van der Waals surface area contributed by atoms with Gasteiger partial charge in [-0.05, 0) is 47.7 Å². The Morgan fingerprint density at radius 2 is 1.81 bits per heavy atom. The van der Waals surface area contributed by atoms with Gasteiger partial charge >= 0.3 is 0 Å². The van der Waals surface area contributed by atoms with Crippen LogP contribution in [0.25, 0.3) is 10.4 Å². The molecule has 0 saturated carbocycles. The van der Waals surface area contributed by atoms with E-state index in [1.165, 1.54) is 32.0 Å². The first-order valence-electron chi connectivity index (χ1n) is 9.41. The molecule has 0 saturated heterocycles. The largest absolute Gasteiger partial charge is 0.337 e. The number of amides is 1. The second kappa shape index (κ2) is 8.07. The highest BCUT2D eigenvalue weighted by Crippen LogP contribution is 2.30. The Balaban J connectivity index is 1.36. The lowest BCUT2D eigenvalue weighted by molar-refractivity contribution is -0.131. The molecular formula is C23H24N2OS. The van der Waals surface area contributed by atoms with Crippen LogP contribution in [-0.4, -0.2) is 23.9 Å². The second-order valence-electron chi connectivity index (χ2n) is 7.01. The van der Waals surface area contributed by atoms with Crippen LogP contribution in [0.4, 0.5) is 0 Å². The molecule has 1 amide bonds. The smallest absolute Gasteiger partial charge is 0.236 e. The first-order chi connectivity index (χ1) is 13.2. The van der Waals surface area contributed by atoms with E-state index < -0.39 is 0 Å². The number of nitrogens with zero attached hydrogens (tertiary/aromatic N) is 1. The summed E-state index contributed by atoms with van der Waals surface area (Å²) in [6.07, 6.45) is 0.947. The van der Waals surface area contributed by atoms with E-state index in [2.05, 4.69) is 66.8 Å². The molecule has 1 aliphatic rings. The molecule has 27 heavy (non-hydrogen) atoms. The summed E-state index contributed by atoms with van der Waals surface area (Å²) in [5.41, 5.74) is 5.13. The van der Waals surface area contributed by atoms with Gasteiger partial charge in [0, 0.05) is 29.4 Å². The Morgan fingerprint density at radius 3 is 2.63 bits per heavy atom. The number of aryl methyl sites for hydroxylation is 1. The second-order valence-corrected chi connectivity index (χ2v) is 8.29. The third-order valence-corrected chi connectivity index (χ3v) is 6.13. The van der Waals surface area contributed by atoms with Crippen molar-refractivity contribution in [2.45, 2.75) is 26.4 Å². The highest BCUT2D eigenvalue weighted by molar-refractivity contribution is 7.15. The molecule has 1 N–H and O–H groups in total. The molecule has 138 valence electrons. The Morgan fingerprint density at radius 1 is 1.04 bits per heavy atom. The van der Waals surface area contributed by atoms with Crippen molar-refractivity contribution in [3.63, 3.8) is 0 Å². The first kappa shape index (κ1) is 18.0. The fourth-order valence-electron chi connectivity index (χ4n) is 3.62. The van der Waals surface area contributed by atoms with Gasteiger partial charge in [-0.2, -0.15) is 0 Å². The summed E-state index contributed by atoms with van der Waals surface area (Å²) in [5, 5.41) is 3.35. The zero-order chi connectivity index (χ0) is 18.6. The standard InChI is InChI=1S/C23H24N2OS/c1-17-10-11-22(27-17)21-9-5-4-7-19(21)14-24-15-23(26)25-13-12-18-6-2-3-8-20(18)16-25/h2-11,24H,12-16H2,1H3. The van der Waals surface area contributed by atoms with E-state index in [-0.39, 0.29) is 5.91 Å². The lowest BCUT2D eigenvalue weighted by Crippen LogP contribution is -2.41. The normalized spacial score (nSPS) is 13.4. The third-order valence-electron chi connectivity index (χ3n) is 5.10. The molecule has 4 heteroatoms. The molecule has 0 atom stereocenters. The molecule has 0 unspecified atom stereocenters. The number of hydrogen-bond acceptors (Lipinski definition) is 3. The predicted molar refractivity (Wildman–Crippen MR) is 112 cm³/mol. The van der Waals surface area contributed by atoms with Crippen molar-refractivity contribution in [2.24, 2.45) is 0 Å². The third kappa shape index (κ3) is 4.12. The number of carbonyl (C=O) groups is 1. The van der Waals surface area contributed by atoms with Gasteiger partial charge in [0.05, 0.1) is 6.54 Å². The van der Waals surface area contributed by atoms with E-state index in [9.17, 15) is 4.79 Å². The van der Waals surface area contributed by atoms with Gasteiger partial charge in [-0.15, -0.1) is 11.3 Å². The van der Waals surface area contributed by atoms with Crippen LogP contribution < -0.4 is 5.32 Å². The van der Waals surface area contributed by atoms with Gasteiger partial charge in [0.15, 0.2) is 0 Å². The highest BCUT2D eigenvalue weighted by Gasteiger charge is 2.19. The Bertz CT molecular complexity index is 947. The van der Waals surface area contributed by atoms with Crippen molar-refractivity contribution < 1.29 is 4.79 Å². The lowest BCUT2D eigenvalue weighted by atomic mass is 10.00. The minimum atomic E-state index is 0.175. The van der Waals surface area contributed by atoms with Crippen molar-refractivity contribution in [2.75, 3.05) is 13.1 Å². The maximum absolute atomic E-state index is 12.6. The van der Waals surface area contributed by atoms with E-state index in [4.69, 9.17) is 0 Å². The summed E-state index contributed by atoms with van der Waals surface area (Å²) in [7, 11) is 0. The van der Waals surface area contributed by atoms with Gasteiger partial charge < -0.3 is 10.2 Å². The molecule has 4 rings (SSSR count). The van der Waals surface area contributed by atoms with Gasteiger partial charge in [-0.25, -0.2) is 0 Å². The van der Waals surface area contributed by atoms with Crippen molar-refractivity contribution in [3.8, 4) is 10.4 Å². The fourth-order valence-corrected chi connectivity index (χ4v) is 4.55. The number of rotatable bonds is 5. The number of carbonyl (C=O) groups excluding carboxylic acids is 1. The summed E-state index contributed by atoms with van der Waals surface area (Å²) < 4.78 is 0. The molecule has 0 bridgehead atoms. The van der Waals surface area contributed by atoms with Crippen LogP contribution in [0, 0.1) is 6.92 Å². The molecule has 0 radical (unpaired) electrons. The number of fused-ring (bicyclic) bond motifs is 1. The zero-order valence-corrected chi connectivity index (χ0v) is 16.4. The SMILES string of the molecule is Cc1ccc(-c2ccccc2CNCC(=O)N2CCc3ccccc3C2)s1. The van der Waals surface area contributed by atoms with E-state index in [0.29, 0.717) is 13.1 Å². The molecule has 1 aromatic heterocycles. The number of nitrogens with one attached hydrogen (secondary N) is 1. The summed E-state index contributed by atoms with van der Waals surface area (Å²) >= 11 is 1.81. The summed E-state index contributed by atoms with van der Waals surface area (Å²) in [6, 6.07) is 21.2. The van der Waals surface area contributed by atoms with Crippen LogP contribution in [0.15, 0.2) is 60.7 Å². The number of hydrogen-bond donors (Lipinski definition) is 1. The van der Waals surface area contributed by atoms with Gasteiger partial charge in [-0.1, -0.05) is 48.5 Å². The van der Waals surface area contributed by atoms with Crippen LogP contribution in [0.1, 0.15) is 21.6 Å². The molecule has 0 aliphatic carbocycles. The van der Waals surface area contributed by atoms with E-state index in [1.807, 2.05) is 22.3 Å². The topological polar surface area (TPSA) is 32.3 Å². The maximum Gasteiger partial charge on any atom is 0.236 e. The van der Waals surface area contributed by atoms with Gasteiger partial charge in [0.2, 0.25) is 5.91 Å². The molecule has 3 nitrogen and oxygen atoms in total. The van der Waals surface area contributed by atoms with Crippen LogP contribution in [0.2, 0.25) is 0 Å². The molecule has 3 aromatic rings. The summed E-state index contributed by atoms with van der Waals surface area (Å²) in [6.45, 7) is 4.73. The molecule has 2 heterocycles. The van der Waals surface area contributed by atoms with Crippen molar-refractivity contribution in [3.05, 3.63) is 82.2 Å². The fraction of sp³-hybridized carbons (Fsp3) is 0.261. The van der Waals surface area contributed by atoms with Crippen molar-refractivity contribution in [1.82, 2.24) is 10.2 Å². The van der Waals surface area contributed by atoms with Gasteiger partial charge in [0.1, 0.15) is 0 Å².